The van der Waals surface area contributed by atoms with Crippen molar-refractivity contribution in [1.82, 2.24) is 0 Å². The average Bonchev–Trinajstić information content (AvgIpc) is 2.37. The first-order valence-corrected chi connectivity index (χ1v) is 7.47. The van der Waals surface area contributed by atoms with Crippen LogP contribution in [0, 0.1) is 0 Å². The Labute approximate surface area is 135 Å². The van der Waals surface area contributed by atoms with Crippen LogP contribution in [0.3, 0.4) is 0 Å². The van der Waals surface area contributed by atoms with Crippen LogP contribution in [-0.4, -0.2) is 5.11 Å². The van der Waals surface area contributed by atoms with Crippen LogP contribution in [0.15, 0.2) is 40.9 Å². The molecule has 1 N–H and O–H groups in total. The van der Waals surface area contributed by atoms with Crippen LogP contribution in [0.1, 0.15) is 17.2 Å². The minimum Gasteiger partial charge on any atom is -0.388 e. The fraction of sp³-hybridized carbons (Fsp3) is 0.143. The van der Waals surface area contributed by atoms with E-state index in [1.165, 1.54) is 0 Å². The summed E-state index contributed by atoms with van der Waals surface area (Å²) >= 11 is 21.6. The molecule has 0 saturated heterocycles. The average molecular weight is 380 g/mol. The maximum atomic E-state index is 10.3. The molecule has 0 aromatic heterocycles. The molecule has 0 saturated carbocycles. The minimum atomic E-state index is -0.762. The van der Waals surface area contributed by atoms with Gasteiger partial charge in [-0.25, -0.2) is 0 Å². The molecule has 1 nitrogen and oxygen atoms in total. The number of rotatable bonds is 3. The molecular weight excluding hydrogens is 370 g/mol. The van der Waals surface area contributed by atoms with Gasteiger partial charge in [0.2, 0.25) is 0 Å². The Kier molecular flexibility index (Phi) is 5.15. The van der Waals surface area contributed by atoms with Gasteiger partial charge in [0.25, 0.3) is 0 Å². The smallest absolute Gasteiger partial charge is 0.0846 e. The molecule has 1 atom stereocenters. The first-order chi connectivity index (χ1) is 8.99. The molecular formula is C14H10BrCl3O. The maximum Gasteiger partial charge on any atom is 0.0846 e. The van der Waals surface area contributed by atoms with Crippen LogP contribution in [0.2, 0.25) is 15.1 Å². The van der Waals surface area contributed by atoms with E-state index in [2.05, 4.69) is 15.9 Å². The summed E-state index contributed by atoms with van der Waals surface area (Å²) in [6, 6.07) is 10.6. The lowest BCUT2D eigenvalue weighted by molar-refractivity contribution is 0.178. The number of benzene rings is 2. The van der Waals surface area contributed by atoms with Gasteiger partial charge in [0.15, 0.2) is 0 Å². The van der Waals surface area contributed by atoms with E-state index in [0.717, 1.165) is 10.0 Å². The van der Waals surface area contributed by atoms with E-state index in [9.17, 15) is 5.11 Å². The monoisotopic (exact) mass is 378 g/mol. The summed E-state index contributed by atoms with van der Waals surface area (Å²) in [6.45, 7) is 0. The Morgan fingerprint density at radius 3 is 2.26 bits per heavy atom. The highest BCUT2D eigenvalue weighted by molar-refractivity contribution is 9.10. The second-order valence-corrected chi connectivity index (χ2v) is 6.22. The highest BCUT2D eigenvalue weighted by atomic mass is 79.9. The summed E-state index contributed by atoms with van der Waals surface area (Å²) in [5, 5.41) is 11.9. The van der Waals surface area contributed by atoms with Crippen molar-refractivity contribution < 1.29 is 5.11 Å². The second-order valence-electron chi connectivity index (χ2n) is 4.09. The summed E-state index contributed by atoms with van der Waals surface area (Å²) in [7, 11) is 0. The van der Waals surface area contributed by atoms with Crippen LogP contribution >= 0.6 is 50.7 Å². The highest BCUT2D eigenvalue weighted by Crippen LogP contribution is 2.32. The Balaban J connectivity index is 2.31. The Morgan fingerprint density at radius 2 is 1.63 bits per heavy atom. The lowest BCUT2D eigenvalue weighted by Crippen LogP contribution is -2.04. The standard InChI is InChI=1S/C14H10BrCl3O/c15-8-4-5-13(18)10(6-8)14(19)7-9-11(16)2-1-3-12(9)17/h1-6,14,19H,7H2. The van der Waals surface area contributed by atoms with Gasteiger partial charge in [0, 0.05) is 31.5 Å². The summed E-state index contributed by atoms with van der Waals surface area (Å²) in [5.74, 6) is 0. The van der Waals surface area contributed by atoms with E-state index < -0.39 is 6.10 Å². The van der Waals surface area contributed by atoms with Crippen molar-refractivity contribution in [3.05, 3.63) is 67.1 Å². The molecule has 5 heteroatoms. The number of hydrogen-bond acceptors (Lipinski definition) is 1. The molecule has 19 heavy (non-hydrogen) atoms. The molecule has 2 aromatic rings. The molecule has 0 radical (unpaired) electrons. The summed E-state index contributed by atoms with van der Waals surface area (Å²) < 4.78 is 0.858. The van der Waals surface area contributed by atoms with Crippen LogP contribution in [0.25, 0.3) is 0 Å². The predicted octanol–water partition coefficient (Wildman–Crippen LogP) is 5.69. The Morgan fingerprint density at radius 1 is 1.00 bits per heavy atom. The normalized spacial score (nSPS) is 12.5. The van der Waals surface area contributed by atoms with Gasteiger partial charge in [0.05, 0.1) is 6.10 Å². The van der Waals surface area contributed by atoms with E-state index in [4.69, 9.17) is 34.8 Å². The van der Waals surface area contributed by atoms with E-state index in [1.54, 1.807) is 30.3 Å². The van der Waals surface area contributed by atoms with Gasteiger partial charge in [-0.05, 0) is 35.9 Å². The van der Waals surface area contributed by atoms with Gasteiger partial charge in [-0.15, -0.1) is 0 Å². The van der Waals surface area contributed by atoms with Gasteiger partial charge in [-0.3, -0.25) is 0 Å². The predicted molar refractivity (Wildman–Crippen MR) is 84.3 cm³/mol. The number of hydrogen-bond donors (Lipinski definition) is 1. The van der Waals surface area contributed by atoms with E-state index in [1.807, 2.05) is 6.07 Å². The molecule has 0 spiro atoms. The van der Waals surface area contributed by atoms with Gasteiger partial charge in [-0.2, -0.15) is 0 Å². The molecule has 2 aromatic carbocycles. The second kappa shape index (κ2) is 6.47. The third-order valence-electron chi connectivity index (χ3n) is 2.78. The van der Waals surface area contributed by atoms with E-state index >= 15 is 0 Å². The third kappa shape index (κ3) is 3.65. The lowest BCUT2D eigenvalue weighted by atomic mass is 10.0. The fourth-order valence-corrected chi connectivity index (χ4v) is 2.97. The topological polar surface area (TPSA) is 20.2 Å². The largest absolute Gasteiger partial charge is 0.388 e. The van der Waals surface area contributed by atoms with Crippen molar-refractivity contribution in [2.24, 2.45) is 0 Å². The third-order valence-corrected chi connectivity index (χ3v) is 4.32. The summed E-state index contributed by atoms with van der Waals surface area (Å²) in [6.07, 6.45) is -0.447. The van der Waals surface area contributed by atoms with E-state index in [-0.39, 0.29) is 0 Å². The molecule has 100 valence electrons. The van der Waals surface area contributed by atoms with Crippen LogP contribution < -0.4 is 0 Å². The number of aliphatic hydroxyl groups is 1. The van der Waals surface area contributed by atoms with Gasteiger partial charge in [-0.1, -0.05) is 56.8 Å². The molecule has 0 fully saturated rings. The Hall–Kier alpha value is -0.250. The molecule has 0 amide bonds. The summed E-state index contributed by atoms with van der Waals surface area (Å²) in [4.78, 5) is 0. The first kappa shape index (κ1) is 15.1. The number of halogens is 4. The zero-order valence-electron chi connectivity index (χ0n) is 9.71. The molecule has 0 heterocycles. The van der Waals surface area contributed by atoms with Gasteiger partial charge in [0.1, 0.15) is 0 Å². The Bertz CT molecular complexity index is 581. The van der Waals surface area contributed by atoms with Crippen LogP contribution in [0.5, 0.6) is 0 Å². The zero-order valence-corrected chi connectivity index (χ0v) is 13.6. The van der Waals surface area contributed by atoms with Crippen molar-refractivity contribution in [2.45, 2.75) is 12.5 Å². The first-order valence-electron chi connectivity index (χ1n) is 5.55. The zero-order chi connectivity index (χ0) is 14.0. The minimum absolute atomic E-state index is 0.314. The van der Waals surface area contributed by atoms with Crippen molar-refractivity contribution in [1.29, 1.82) is 0 Å². The number of aliphatic hydroxyl groups excluding tert-OH is 1. The summed E-state index contributed by atoms with van der Waals surface area (Å²) in [5.41, 5.74) is 1.36. The van der Waals surface area contributed by atoms with Gasteiger partial charge >= 0.3 is 0 Å². The molecule has 0 aliphatic carbocycles. The lowest BCUT2D eigenvalue weighted by Gasteiger charge is -2.15. The molecule has 0 aliphatic heterocycles. The molecule has 2 rings (SSSR count). The fourth-order valence-electron chi connectivity index (χ4n) is 1.80. The van der Waals surface area contributed by atoms with Crippen molar-refractivity contribution in [2.75, 3.05) is 0 Å². The molecule has 1 unspecified atom stereocenters. The van der Waals surface area contributed by atoms with Crippen molar-refractivity contribution in [3.63, 3.8) is 0 Å². The van der Waals surface area contributed by atoms with Crippen molar-refractivity contribution >= 4 is 50.7 Å². The molecule has 0 bridgehead atoms. The van der Waals surface area contributed by atoms with Crippen molar-refractivity contribution in [3.8, 4) is 0 Å². The van der Waals surface area contributed by atoms with Crippen LogP contribution in [0.4, 0.5) is 0 Å². The maximum absolute atomic E-state index is 10.3. The SMILES string of the molecule is OC(Cc1c(Cl)cccc1Cl)c1cc(Br)ccc1Cl. The van der Waals surface area contributed by atoms with E-state index in [0.29, 0.717) is 27.1 Å². The quantitative estimate of drug-likeness (QED) is 0.726. The van der Waals surface area contributed by atoms with Crippen LogP contribution in [-0.2, 0) is 6.42 Å². The molecule has 0 aliphatic rings. The van der Waals surface area contributed by atoms with Gasteiger partial charge < -0.3 is 5.11 Å². The highest BCUT2D eigenvalue weighted by Gasteiger charge is 2.16.